The average molecular weight is 384 g/mol. The van der Waals surface area contributed by atoms with Crippen molar-refractivity contribution in [2.45, 2.75) is 39.2 Å². The van der Waals surface area contributed by atoms with Gasteiger partial charge in [-0.15, -0.1) is 0 Å². The zero-order valence-electron chi connectivity index (χ0n) is 14.4. The summed E-state index contributed by atoms with van der Waals surface area (Å²) < 4.78 is 4.99. The lowest BCUT2D eigenvalue weighted by Crippen LogP contribution is -2.45. The van der Waals surface area contributed by atoms with Crippen LogP contribution in [0.3, 0.4) is 0 Å². The molecule has 1 amide bonds. The molecular weight excluding hydrogens is 361 g/mol. The summed E-state index contributed by atoms with van der Waals surface area (Å²) >= 11 is 11.8. The molecule has 1 fully saturated rings. The Morgan fingerprint density at radius 3 is 2.76 bits per heavy atom. The van der Waals surface area contributed by atoms with E-state index in [-0.39, 0.29) is 18.6 Å². The van der Waals surface area contributed by atoms with Crippen LogP contribution in [-0.4, -0.2) is 24.5 Å². The van der Waals surface area contributed by atoms with Gasteiger partial charge in [-0.25, -0.2) is 4.79 Å². The number of benzene rings is 1. The predicted octanol–water partition coefficient (Wildman–Crippen LogP) is 4.49. The highest BCUT2D eigenvalue weighted by atomic mass is 35.5. The quantitative estimate of drug-likeness (QED) is 0.601. The lowest BCUT2D eigenvalue weighted by atomic mass is 9.78. The molecule has 1 aromatic rings. The second-order valence-electron chi connectivity index (χ2n) is 6.55. The van der Waals surface area contributed by atoms with E-state index in [0.717, 1.165) is 12.8 Å². The first kappa shape index (κ1) is 19.8. The highest BCUT2D eigenvalue weighted by Crippen LogP contribution is 2.29. The molecule has 25 heavy (non-hydrogen) atoms. The minimum Gasteiger partial charge on any atom is -0.452 e. The number of hydrogen-bond donors (Lipinski definition) is 1. The van der Waals surface area contributed by atoms with Crippen LogP contribution in [0.15, 0.2) is 24.3 Å². The Labute approximate surface area is 158 Å². The van der Waals surface area contributed by atoms with Crippen molar-refractivity contribution < 1.29 is 14.3 Å². The Morgan fingerprint density at radius 1 is 1.28 bits per heavy atom. The van der Waals surface area contributed by atoms with Crippen LogP contribution in [0.1, 0.15) is 38.7 Å². The van der Waals surface area contributed by atoms with Gasteiger partial charge in [-0.1, -0.05) is 56.0 Å². The van der Waals surface area contributed by atoms with Crippen LogP contribution in [0.5, 0.6) is 0 Å². The van der Waals surface area contributed by atoms with Crippen molar-refractivity contribution >= 4 is 41.2 Å². The maximum Gasteiger partial charge on any atom is 0.331 e. The van der Waals surface area contributed by atoms with Crippen molar-refractivity contribution in [2.75, 3.05) is 6.61 Å². The number of carbonyl (C=O) groups excluding carboxylic acids is 2. The molecule has 1 saturated carbocycles. The van der Waals surface area contributed by atoms with Gasteiger partial charge in [-0.3, -0.25) is 4.79 Å². The van der Waals surface area contributed by atoms with Crippen molar-refractivity contribution in [1.82, 2.24) is 5.32 Å². The van der Waals surface area contributed by atoms with Crippen molar-refractivity contribution in [2.24, 2.45) is 11.8 Å². The Balaban J connectivity index is 1.79. The van der Waals surface area contributed by atoms with Crippen LogP contribution >= 0.6 is 23.2 Å². The maximum atomic E-state index is 12.0. The van der Waals surface area contributed by atoms with Gasteiger partial charge in [0.15, 0.2) is 6.61 Å². The molecular formula is C19H23Cl2NO3. The summed E-state index contributed by atoms with van der Waals surface area (Å²) in [5.41, 5.74) is 0.650. The van der Waals surface area contributed by atoms with Crippen LogP contribution in [0.25, 0.3) is 6.08 Å². The highest BCUT2D eigenvalue weighted by Gasteiger charge is 2.28. The maximum absolute atomic E-state index is 12.0. The molecule has 1 N–H and O–H groups in total. The van der Waals surface area contributed by atoms with Crippen LogP contribution in [0, 0.1) is 11.8 Å². The molecule has 2 rings (SSSR count). The normalized spacial score (nSPS) is 23.4. The average Bonchev–Trinajstić information content (AvgIpc) is 2.56. The van der Waals surface area contributed by atoms with Crippen LogP contribution in [-0.2, 0) is 14.3 Å². The highest BCUT2D eigenvalue weighted by molar-refractivity contribution is 6.35. The van der Waals surface area contributed by atoms with Gasteiger partial charge in [-0.05, 0) is 42.0 Å². The zero-order valence-corrected chi connectivity index (χ0v) is 15.9. The Hall–Kier alpha value is -1.52. The SMILES string of the molecule is C[C@@H]1[C@H](C)CCC[C@H]1NC(=O)COC(=O)/C=C/c1ccc(Cl)cc1Cl. The lowest BCUT2D eigenvalue weighted by Gasteiger charge is -2.34. The fourth-order valence-corrected chi connectivity index (χ4v) is 3.48. The van der Waals surface area contributed by atoms with Gasteiger partial charge in [0.25, 0.3) is 5.91 Å². The molecule has 4 nitrogen and oxygen atoms in total. The number of ether oxygens (including phenoxy) is 1. The molecule has 136 valence electrons. The Kier molecular flexibility index (Phi) is 7.33. The van der Waals surface area contributed by atoms with Crippen molar-refractivity contribution in [3.63, 3.8) is 0 Å². The minimum atomic E-state index is -0.591. The van der Waals surface area contributed by atoms with Gasteiger partial charge in [0.2, 0.25) is 0 Å². The molecule has 0 saturated heterocycles. The molecule has 1 aromatic carbocycles. The van der Waals surface area contributed by atoms with Gasteiger partial charge in [0.05, 0.1) is 0 Å². The van der Waals surface area contributed by atoms with E-state index in [0.29, 0.717) is 27.4 Å². The zero-order chi connectivity index (χ0) is 18.4. The number of amides is 1. The van der Waals surface area contributed by atoms with Gasteiger partial charge in [-0.2, -0.15) is 0 Å². The van der Waals surface area contributed by atoms with Crippen LogP contribution in [0.2, 0.25) is 10.0 Å². The molecule has 1 aliphatic rings. The molecule has 0 aromatic heterocycles. The molecule has 6 heteroatoms. The topological polar surface area (TPSA) is 55.4 Å². The summed E-state index contributed by atoms with van der Waals surface area (Å²) in [7, 11) is 0. The number of nitrogens with one attached hydrogen (secondary N) is 1. The van der Waals surface area contributed by atoms with E-state index in [9.17, 15) is 9.59 Å². The fraction of sp³-hybridized carbons (Fsp3) is 0.474. The first-order chi connectivity index (χ1) is 11.9. The fourth-order valence-electron chi connectivity index (χ4n) is 3.01. The smallest absolute Gasteiger partial charge is 0.331 e. The van der Waals surface area contributed by atoms with Crippen LogP contribution < -0.4 is 5.32 Å². The lowest BCUT2D eigenvalue weighted by molar-refractivity contribution is -0.144. The molecule has 0 radical (unpaired) electrons. The molecule has 0 unspecified atom stereocenters. The van der Waals surface area contributed by atoms with E-state index < -0.39 is 5.97 Å². The van der Waals surface area contributed by atoms with Crippen molar-refractivity contribution in [3.8, 4) is 0 Å². The minimum absolute atomic E-state index is 0.151. The molecule has 0 spiro atoms. The summed E-state index contributed by atoms with van der Waals surface area (Å²) in [4.78, 5) is 23.7. The van der Waals surface area contributed by atoms with Gasteiger partial charge in [0.1, 0.15) is 0 Å². The molecule has 1 aliphatic carbocycles. The number of carbonyl (C=O) groups is 2. The number of halogens is 2. The van der Waals surface area contributed by atoms with E-state index in [2.05, 4.69) is 19.2 Å². The Morgan fingerprint density at radius 2 is 2.04 bits per heavy atom. The second-order valence-corrected chi connectivity index (χ2v) is 7.39. The summed E-state index contributed by atoms with van der Waals surface area (Å²) in [6.45, 7) is 4.07. The van der Waals surface area contributed by atoms with E-state index in [1.54, 1.807) is 18.2 Å². The Bertz CT molecular complexity index is 660. The standard InChI is InChI=1S/C19H23Cl2NO3/c1-12-4-3-5-17(13(12)2)22-18(23)11-25-19(24)9-7-14-6-8-15(20)10-16(14)21/h6-10,12-13,17H,3-5,11H2,1-2H3,(H,22,23)/b9-7+/t12-,13-,17-/m1/s1. The second kappa shape index (κ2) is 9.25. The van der Waals surface area contributed by atoms with E-state index in [4.69, 9.17) is 27.9 Å². The summed E-state index contributed by atoms with van der Waals surface area (Å²) in [5, 5.41) is 3.93. The van der Waals surface area contributed by atoms with Gasteiger partial charge >= 0.3 is 5.97 Å². The monoisotopic (exact) mass is 383 g/mol. The predicted molar refractivity (Wildman–Crippen MR) is 101 cm³/mol. The summed E-state index contributed by atoms with van der Waals surface area (Å²) in [5.74, 6) is 0.164. The third-order valence-electron chi connectivity index (χ3n) is 4.76. The van der Waals surface area contributed by atoms with E-state index in [1.165, 1.54) is 18.6 Å². The largest absolute Gasteiger partial charge is 0.452 e. The first-order valence-corrected chi connectivity index (χ1v) is 9.21. The van der Waals surface area contributed by atoms with Gasteiger partial charge in [0, 0.05) is 22.2 Å². The molecule has 0 bridgehead atoms. The number of rotatable bonds is 5. The molecule has 3 atom stereocenters. The van der Waals surface area contributed by atoms with Crippen molar-refractivity contribution in [1.29, 1.82) is 0 Å². The van der Waals surface area contributed by atoms with Crippen LogP contribution in [0.4, 0.5) is 0 Å². The third-order valence-corrected chi connectivity index (χ3v) is 5.32. The van der Waals surface area contributed by atoms with Gasteiger partial charge < -0.3 is 10.1 Å². The first-order valence-electron chi connectivity index (χ1n) is 8.46. The number of esters is 1. The van der Waals surface area contributed by atoms with E-state index >= 15 is 0 Å². The van der Waals surface area contributed by atoms with E-state index in [1.807, 2.05) is 0 Å². The number of hydrogen-bond acceptors (Lipinski definition) is 3. The molecule has 0 aliphatic heterocycles. The summed E-state index contributed by atoms with van der Waals surface area (Å²) in [6.07, 6.45) is 6.05. The summed E-state index contributed by atoms with van der Waals surface area (Å²) in [6, 6.07) is 5.12. The third kappa shape index (κ3) is 6.05. The van der Waals surface area contributed by atoms with Crippen molar-refractivity contribution in [3.05, 3.63) is 39.9 Å². The molecule has 0 heterocycles.